The summed E-state index contributed by atoms with van der Waals surface area (Å²) in [5, 5.41) is 2.93. The first-order valence-corrected chi connectivity index (χ1v) is 7.76. The molecule has 0 aliphatic rings. The summed E-state index contributed by atoms with van der Waals surface area (Å²) in [5.74, 6) is -0.471. The molecule has 0 spiro atoms. The van der Waals surface area contributed by atoms with Crippen LogP contribution in [0, 0.1) is 12.7 Å². The molecule has 110 valence electrons. The summed E-state index contributed by atoms with van der Waals surface area (Å²) in [6.07, 6.45) is 0.692. The van der Waals surface area contributed by atoms with E-state index in [1.165, 1.54) is 12.1 Å². The Bertz CT molecular complexity index is 526. The fraction of sp³-hybridized carbons (Fsp3) is 0.455. The molecule has 0 aliphatic carbocycles. The molecule has 0 aliphatic heterocycles. The first-order chi connectivity index (χ1) is 8.38. The van der Waals surface area contributed by atoms with E-state index >= 15 is 0 Å². The standard InChI is InChI=1S/C11H16BrFN2O2S.ClH/c1-8-6-10(13)9(12)7-11(8)18(16,17)15-5-3-4-14-2;/h6-7,14-15H,3-5H2,1-2H3;1H. The zero-order chi connectivity index (χ0) is 13.8. The average Bonchev–Trinajstić information content (AvgIpc) is 2.29. The highest BCUT2D eigenvalue weighted by Crippen LogP contribution is 2.23. The van der Waals surface area contributed by atoms with Crippen molar-refractivity contribution in [1.82, 2.24) is 10.0 Å². The molecule has 0 radical (unpaired) electrons. The molecule has 0 saturated carbocycles. The van der Waals surface area contributed by atoms with Gasteiger partial charge in [-0.15, -0.1) is 12.4 Å². The van der Waals surface area contributed by atoms with E-state index in [0.717, 1.165) is 6.54 Å². The molecule has 0 heterocycles. The number of hydrogen-bond donors (Lipinski definition) is 2. The third-order valence-corrected chi connectivity index (χ3v) is 4.61. The maximum absolute atomic E-state index is 13.2. The molecule has 8 heteroatoms. The summed E-state index contributed by atoms with van der Waals surface area (Å²) in [7, 11) is -1.78. The molecule has 0 saturated heterocycles. The Kier molecular flexibility index (Phi) is 8.07. The molecule has 1 rings (SSSR count). The Morgan fingerprint density at radius 1 is 1.32 bits per heavy atom. The number of sulfonamides is 1. The van der Waals surface area contributed by atoms with Crippen molar-refractivity contribution in [3.05, 3.63) is 28.0 Å². The smallest absolute Gasteiger partial charge is 0.240 e. The summed E-state index contributed by atoms with van der Waals surface area (Å²) < 4.78 is 39.9. The van der Waals surface area contributed by atoms with Gasteiger partial charge in [0.15, 0.2) is 0 Å². The van der Waals surface area contributed by atoms with Crippen LogP contribution in [0.25, 0.3) is 0 Å². The molecule has 0 unspecified atom stereocenters. The van der Waals surface area contributed by atoms with Crippen LogP contribution in [0.3, 0.4) is 0 Å². The van der Waals surface area contributed by atoms with Crippen LogP contribution in [0.2, 0.25) is 0 Å². The lowest BCUT2D eigenvalue weighted by atomic mass is 10.2. The SMILES string of the molecule is CNCCCNS(=O)(=O)c1cc(Br)c(F)cc1C.Cl. The van der Waals surface area contributed by atoms with Gasteiger partial charge in [0.2, 0.25) is 10.0 Å². The highest BCUT2D eigenvalue weighted by molar-refractivity contribution is 9.10. The normalized spacial score (nSPS) is 11.2. The Hall–Kier alpha value is -0.210. The van der Waals surface area contributed by atoms with E-state index in [9.17, 15) is 12.8 Å². The number of aryl methyl sites for hydroxylation is 1. The van der Waals surface area contributed by atoms with Gasteiger partial charge in [-0.2, -0.15) is 0 Å². The largest absolute Gasteiger partial charge is 0.320 e. The summed E-state index contributed by atoms with van der Waals surface area (Å²) in [6.45, 7) is 2.64. The lowest BCUT2D eigenvalue weighted by Gasteiger charge is -2.10. The third kappa shape index (κ3) is 5.35. The van der Waals surface area contributed by atoms with Gasteiger partial charge in [0, 0.05) is 6.54 Å². The monoisotopic (exact) mass is 374 g/mol. The van der Waals surface area contributed by atoms with Crippen LogP contribution < -0.4 is 10.0 Å². The van der Waals surface area contributed by atoms with Gasteiger partial charge in [0.1, 0.15) is 5.82 Å². The second-order valence-corrected chi connectivity index (χ2v) is 6.48. The fourth-order valence-electron chi connectivity index (χ4n) is 1.47. The van der Waals surface area contributed by atoms with Crippen molar-refractivity contribution < 1.29 is 12.8 Å². The van der Waals surface area contributed by atoms with Crippen LogP contribution in [-0.4, -0.2) is 28.6 Å². The summed E-state index contributed by atoms with van der Waals surface area (Å²) in [4.78, 5) is 0.0974. The van der Waals surface area contributed by atoms with Crippen LogP contribution >= 0.6 is 28.3 Å². The van der Waals surface area contributed by atoms with Gasteiger partial charge in [-0.25, -0.2) is 17.5 Å². The van der Waals surface area contributed by atoms with E-state index in [1.807, 2.05) is 0 Å². The predicted molar refractivity (Wildman–Crippen MR) is 79.8 cm³/mol. The fourth-order valence-corrected chi connectivity index (χ4v) is 3.29. The molecule has 2 N–H and O–H groups in total. The highest BCUT2D eigenvalue weighted by atomic mass is 79.9. The summed E-state index contributed by atoms with van der Waals surface area (Å²) >= 11 is 2.99. The van der Waals surface area contributed by atoms with Crippen LogP contribution in [-0.2, 0) is 10.0 Å². The molecule has 0 aromatic heterocycles. The molecule has 0 amide bonds. The molecular weight excluding hydrogens is 359 g/mol. The lowest BCUT2D eigenvalue weighted by Crippen LogP contribution is -2.27. The van der Waals surface area contributed by atoms with E-state index < -0.39 is 15.8 Å². The highest BCUT2D eigenvalue weighted by Gasteiger charge is 2.18. The van der Waals surface area contributed by atoms with Crippen molar-refractivity contribution >= 4 is 38.4 Å². The Morgan fingerprint density at radius 3 is 2.53 bits per heavy atom. The number of rotatable bonds is 6. The van der Waals surface area contributed by atoms with Gasteiger partial charge in [0.05, 0.1) is 9.37 Å². The van der Waals surface area contributed by atoms with Crippen molar-refractivity contribution in [2.45, 2.75) is 18.2 Å². The summed E-state index contributed by atoms with van der Waals surface area (Å²) in [5.41, 5.74) is 0.386. The van der Waals surface area contributed by atoms with Crippen LogP contribution in [0.15, 0.2) is 21.5 Å². The molecule has 19 heavy (non-hydrogen) atoms. The van der Waals surface area contributed by atoms with Crippen LogP contribution in [0.1, 0.15) is 12.0 Å². The maximum Gasteiger partial charge on any atom is 0.240 e. The van der Waals surface area contributed by atoms with Crippen molar-refractivity contribution in [3.63, 3.8) is 0 Å². The molecule has 1 aromatic carbocycles. The number of benzene rings is 1. The van der Waals surface area contributed by atoms with E-state index in [0.29, 0.717) is 18.5 Å². The number of hydrogen-bond acceptors (Lipinski definition) is 3. The zero-order valence-corrected chi connectivity index (χ0v) is 13.9. The average molecular weight is 376 g/mol. The Balaban J connectivity index is 0.00000324. The molecular formula is C11H17BrClFN2O2S. The van der Waals surface area contributed by atoms with Gasteiger partial charge in [-0.05, 0) is 60.6 Å². The third-order valence-electron chi connectivity index (χ3n) is 2.40. The van der Waals surface area contributed by atoms with Crippen molar-refractivity contribution in [3.8, 4) is 0 Å². The van der Waals surface area contributed by atoms with E-state index in [4.69, 9.17) is 0 Å². The van der Waals surface area contributed by atoms with Gasteiger partial charge >= 0.3 is 0 Å². The van der Waals surface area contributed by atoms with Crippen molar-refractivity contribution in [2.75, 3.05) is 20.1 Å². The number of nitrogens with one attached hydrogen (secondary N) is 2. The predicted octanol–water partition coefficient (Wildman–Crippen LogP) is 2.21. The second kappa shape index (κ2) is 8.16. The quantitative estimate of drug-likeness (QED) is 0.750. The van der Waals surface area contributed by atoms with E-state index in [-0.39, 0.29) is 21.8 Å². The van der Waals surface area contributed by atoms with Crippen LogP contribution in [0.5, 0.6) is 0 Å². The maximum atomic E-state index is 13.2. The van der Waals surface area contributed by atoms with Crippen molar-refractivity contribution in [1.29, 1.82) is 0 Å². The second-order valence-electron chi connectivity index (χ2n) is 3.89. The van der Waals surface area contributed by atoms with E-state index in [1.54, 1.807) is 14.0 Å². The van der Waals surface area contributed by atoms with Gasteiger partial charge < -0.3 is 5.32 Å². The molecule has 1 aromatic rings. The summed E-state index contributed by atoms with van der Waals surface area (Å²) in [6, 6.07) is 2.48. The van der Waals surface area contributed by atoms with Gasteiger partial charge in [-0.1, -0.05) is 0 Å². The Labute approximate surface area is 127 Å². The molecule has 0 fully saturated rings. The topological polar surface area (TPSA) is 58.2 Å². The minimum atomic E-state index is -3.59. The first-order valence-electron chi connectivity index (χ1n) is 5.48. The number of halogens is 3. The molecule has 4 nitrogen and oxygen atoms in total. The molecule has 0 atom stereocenters. The zero-order valence-electron chi connectivity index (χ0n) is 10.7. The Morgan fingerprint density at radius 2 is 1.95 bits per heavy atom. The van der Waals surface area contributed by atoms with Gasteiger partial charge in [0.25, 0.3) is 0 Å². The van der Waals surface area contributed by atoms with Crippen molar-refractivity contribution in [2.24, 2.45) is 0 Å². The van der Waals surface area contributed by atoms with Crippen LogP contribution in [0.4, 0.5) is 4.39 Å². The van der Waals surface area contributed by atoms with E-state index in [2.05, 4.69) is 26.0 Å². The first kappa shape index (κ1) is 18.8. The minimum Gasteiger partial charge on any atom is -0.320 e. The lowest BCUT2D eigenvalue weighted by molar-refractivity contribution is 0.575. The van der Waals surface area contributed by atoms with Gasteiger partial charge in [-0.3, -0.25) is 0 Å². The molecule has 0 bridgehead atoms. The minimum absolute atomic E-state index is 0.